The molecule has 1 rings (SSSR count). The first kappa shape index (κ1) is 19.5. The average molecular weight is 338 g/mol. The first-order valence-corrected chi connectivity index (χ1v) is 8.98. The van der Waals surface area contributed by atoms with E-state index in [1.54, 1.807) is 13.1 Å². The van der Waals surface area contributed by atoms with E-state index in [0.29, 0.717) is 12.5 Å². The summed E-state index contributed by atoms with van der Waals surface area (Å²) in [6.07, 6.45) is 5.57. The molecule has 0 aliphatic carbocycles. The third-order valence-corrected chi connectivity index (χ3v) is 4.10. The molecule has 0 saturated carbocycles. The summed E-state index contributed by atoms with van der Waals surface area (Å²) in [4.78, 5) is 19.7. The first-order chi connectivity index (χ1) is 11.2. The average Bonchev–Trinajstić information content (AvgIpc) is 2.56. The minimum absolute atomic E-state index is 0.289. The van der Waals surface area contributed by atoms with E-state index in [1.165, 1.54) is 24.6 Å². The second kappa shape index (κ2) is 11.9. The Balaban J connectivity index is 2.68. The highest BCUT2D eigenvalue weighted by molar-refractivity contribution is 8.13. The van der Waals surface area contributed by atoms with Crippen molar-refractivity contribution in [3.63, 3.8) is 0 Å². The van der Waals surface area contributed by atoms with Gasteiger partial charge in [-0.3, -0.25) is 0 Å². The van der Waals surface area contributed by atoms with Crippen LogP contribution in [0.2, 0.25) is 0 Å². The predicted octanol–water partition coefficient (Wildman–Crippen LogP) is 4.92. The number of ether oxygens (including phenoxy) is 2. The van der Waals surface area contributed by atoms with Gasteiger partial charge >= 0.3 is 6.09 Å². The van der Waals surface area contributed by atoms with Gasteiger partial charge in [-0.1, -0.05) is 39.2 Å². The molecule has 5 nitrogen and oxygen atoms in total. The van der Waals surface area contributed by atoms with Crippen LogP contribution in [0.1, 0.15) is 46.5 Å². The van der Waals surface area contributed by atoms with Crippen LogP contribution in [0.4, 0.5) is 4.79 Å². The fourth-order valence-corrected chi connectivity index (χ4v) is 2.59. The number of pyridine rings is 1. The Kier molecular flexibility index (Phi) is 10.1. The number of unbranched alkanes of at least 4 members (excludes halogenated alkanes) is 1. The monoisotopic (exact) mass is 338 g/mol. The van der Waals surface area contributed by atoms with Crippen molar-refractivity contribution in [2.24, 2.45) is 10.9 Å². The van der Waals surface area contributed by atoms with Crippen molar-refractivity contribution in [2.75, 3.05) is 13.2 Å². The lowest BCUT2D eigenvalue weighted by Gasteiger charge is -2.16. The maximum Gasteiger partial charge on any atom is 0.437 e. The van der Waals surface area contributed by atoms with Crippen LogP contribution in [0.15, 0.2) is 34.4 Å². The van der Waals surface area contributed by atoms with Crippen molar-refractivity contribution < 1.29 is 14.3 Å². The topological polar surface area (TPSA) is 60.8 Å². The maximum absolute atomic E-state index is 11.6. The van der Waals surface area contributed by atoms with E-state index in [1.807, 2.05) is 18.2 Å². The summed E-state index contributed by atoms with van der Waals surface area (Å²) in [5.41, 5.74) is 0. The Labute approximate surface area is 142 Å². The maximum atomic E-state index is 11.6. The number of thioether (sulfide) groups is 1. The Morgan fingerprint density at radius 2 is 2.13 bits per heavy atom. The van der Waals surface area contributed by atoms with Gasteiger partial charge in [0.15, 0.2) is 0 Å². The number of aromatic nitrogens is 1. The van der Waals surface area contributed by atoms with Crippen molar-refractivity contribution in [1.82, 2.24) is 4.98 Å². The Hall–Kier alpha value is -1.56. The highest BCUT2D eigenvalue weighted by Crippen LogP contribution is 2.20. The summed E-state index contributed by atoms with van der Waals surface area (Å²) < 4.78 is 10.7. The summed E-state index contributed by atoms with van der Waals surface area (Å²) in [5, 5.41) is 1.02. The summed E-state index contributed by atoms with van der Waals surface area (Å²) in [7, 11) is 0. The van der Waals surface area contributed by atoms with E-state index in [4.69, 9.17) is 9.47 Å². The van der Waals surface area contributed by atoms with E-state index in [0.717, 1.165) is 17.9 Å². The fraction of sp³-hybridized carbons (Fsp3) is 0.588. The SMILES string of the molecule is CCCCC(CC)COC(=NC(=O)OCC)Sc1ccccn1. The molecule has 1 atom stereocenters. The van der Waals surface area contributed by atoms with Gasteiger partial charge in [-0.2, -0.15) is 0 Å². The van der Waals surface area contributed by atoms with Crippen LogP contribution < -0.4 is 0 Å². The quantitative estimate of drug-likeness (QED) is 0.382. The van der Waals surface area contributed by atoms with Crippen molar-refractivity contribution >= 4 is 23.1 Å². The van der Waals surface area contributed by atoms with Crippen molar-refractivity contribution in [2.45, 2.75) is 51.5 Å². The van der Waals surface area contributed by atoms with Crippen LogP contribution in [-0.2, 0) is 9.47 Å². The smallest absolute Gasteiger partial charge is 0.437 e. The Morgan fingerprint density at radius 1 is 1.30 bits per heavy atom. The molecule has 0 fully saturated rings. The van der Waals surface area contributed by atoms with Gasteiger partial charge < -0.3 is 9.47 Å². The molecular weight excluding hydrogens is 312 g/mol. The molecule has 0 saturated heterocycles. The predicted molar refractivity (Wildman–Crippen MR) is 93.8 cm³/mol. The van der Waals surface area contributed by atoms with E-state index < -0.39 is 6.09 Å². The molecule has 0 radical (unpaired) electrons. The van der Waals surface area contributed by atoms with Crippen molar-refractivity contribution in [3.05, 3.63) is 24.4 Å². The normalized spacial score (nSPS) is 12.7. The van der Waals surface area contributed by atoms with Gasteiger partial charge in [0.05, 0.1) is 13.2 Å². The van der Waals surface area contributed by atoms with Gasteiger partial charge in [-0.15, -0.1) is 4.99 Å². The lowest BCUT2D eigenvalue weighted by atomic mass is 10.0. The van der Waals surface area contributed by atoms with Gasteiger partial charge in [-0.25, -0.2) is 9.78 Å². The molecule has 0 aromatic carbocycles. The number of hydrogen-bond acceptors (Lipinski definition) is 5. The standard InChI is InChI=1S/C17H26N2O3S/c1-4-7-10-14(5-2)13-22-17(19-16(20)21-6-3)23-15-11-8-9-12-18-15/h8-9,11-12,14H,4-7,10,13H2,1-3H3. The molecule has 0 spiro atoms. The zero-order chi connectivity index (χ0) is 16.9. The van der Waals surface area contributed by atoms with Gasteiger partial charge in [0.1, 0.15) is 5.03 Å². The van der Waals surface area contributed by atoms with E-state index >= 15 is 0 Å². The van der Waals surface area contributed by atoms with Gasteiger partial charge in [-0.05, 0) is 43.2 Å². The van der Waals surface area contributed by atoms with Crippen LogP contribution in [0.5, 0.6) is 0 Å². The molecule has 0 N–H and O–H groups in total. The summed E-state index contributed by atoms with van der Waals surface area (Å²) in [6.45, 7) is 6.92. The largest absolute Gasteiger partial charge is 0.472 e. The highest BCUT2D eigenvalue weighted by atomic mass is 32.2. The Bertz CT molecular complexity index is 480. The van der Waals surface area contributed by atoms with Gasteiger partial charge in [0.25, 0.3) is 5.23 Å². The lowest BCUT2D eigenvalue weighted by Crippen LogP contribution is -2.14. The summed E-state index contributed by atoms with van der Waals surface area (Å²) >= 11 is 1.24. The molecule has 128 valence electrons. The van der Waals surface area contributed by atoms with Crippen molar-refractivity contribution in [3.8, 4) is 0 Å². The van der Waals surface area contributed by atoms with Crippen molar-refractivity contribution in [1.29, 1.82) is 0 Å². The van der Waals surface area contributed by atoms with Crippen LogP contribution in [0.25, 0.3) is 0 Å². The van der Waals surface area contributed by atoms with Crippen LogP contribution in [0.3, 0.4) is 0 Å². The summed E-state index contributed by atoms with van der Waals surface area (Å²) in [6, 6.07) is 5.57. The molecule has 6 heteroatoms. The summed E-state index contributed by atoms with van der Waals surface area (Å²) in [5.74, 6) is 0.465. The zero-order valence-electron chi connectivity index (χ0n) is 14.2. The highest BCUT2D eigenvalue weighted by Gasteiger charge is 2.13. The first-order valence-electron chi connectivity index (χ1n) is 8.16. The molecule has 0 aliphatic rings. The number of carbonyl (C=O) groups excluding carboxylic acids is 1. The van der Waals surface area contributed by atoms with Gasteiger partial charge in [0.2, 0.25) is 0 Å². The second-order valence-electron chi connectivity index (χ2n) is 5.07. The van der Waals surface area contributed by atoms with Gasteiger partial charge in [0, 0.05) is 6.20 Å². The molecule has 0 bridgehead atoms. The number of nitrogens with zero attached hydrogens (tertiary/aromatic N) is 2. The number of aliphatic imine (C=N–C) groups is 1. The third-order valence-electron chi connectivity index (χ3n) is 3.27. The minimum Gasteiger partial charge on any atom is -0.472 e. The molecule has 0 aliphatic heterocycles. The molecule has 23 heavy (non-hydrogen) atoms. The number of carbonyl (C=O) groups is 1. The molecule has 1 aromatic rings. The second-order valence-corrected chi connectivity index (χ2v) is 6.05. The lowest BCUT2D eigenvalue weighted by molar-refractivity contribution is 0.161. The molecule has 1 heterocycles. The molecule has 1 amide bonds. The van der Waals surface area contributed by atoms with Crippen LogP contribution >= 0.6 is 11.8 Å². The third kappa shape index (κ3) is 8.59. The number of hydrogen-bond donors (Lipinski definition) is 0. The Morgan fingerprint density at radius 3 is 2.74 bits per heavy atom. The van der Waals surface area contributed by atoms with Crippen LogP contribution in [-0.4, -0.2) is 29.5 Å². The zero-order valence-corrected chi connectivity index (χ0v) is 15.0. The van der Waals surface area contributed by atoms with Crippen LogP contribution in [0, 0.1) is 5.92 Å². The minimum atomic E-state index is -0.632. The molecule has 1 unspecified atom stereocenters. The fourth-order valence-electron chi connectivity index (χ4n) is 1.90. The molecule has 1 aromatic heterocycles. The number of rotatable bonds is 8. The van der Waals surface area contributed by atoms with E-state index in [2.05, 4.69) is 23.8 Å². The number of amides is 1. The van der Waals surface area contributed by atoms with E-state index in [-0.39, 0.29) is 11.8 Å². The molecular formula is C17H26N2O3S. The van der Waals surface area contributed by atoms with E-state index in [9.17, 15) is 4.79 Å².